The van der Waals surface area contributed by atoms with Gasteiger partial charge in [0.1, 0.15) is 5.76 Å². The number of benzene rings is 1. The first kappa shape index (κ1) is 17.9. The molecule has 1 aliphatic heterocycles. The van der Waals surface area contributed by atoms with E-state index >= 15 is 0 Å². The highest BCUT2D eigenvalue weighted by Crippen LogP contribution is 2.41. The molecule has 1 aromatic carbocycles. The predicted octanol–water partition coefficient (Wildman–Crippen LogP) is 4.35. The van der Waals surface area contributed by atoms with Crippen LogP contribution in [0.3, 0.4) is 0 Å². The fraction of sp³-hybridized carbons (Fsp3) is 0.529. The van der Waals surface area contributed by atoms with Crippen LogP contribution in [0.2, 0.25) is 0 Å². The topological polar surface area (TPSA) is 61.6 Å². The molecule has 0 saturated carbocycles. The van der Waals surface area contributed by atoms with Crippen LogP contribution >= 0.6 is 15.9 Å². The van der Waals surface area contributed by atoms with E-state index in [4.69, 9.17) is 9.47 Å². The molecule has 2 rings (SSSR count). The SMILES string of the molecule is CCO[C@@H]1O/C(=C\c2ccc(Br)cc2)[C@@H](C[N+](=O)[O-])[C@H]1C(C)C. The maximum absolute atomic E-state index is 11.1. The number of nitro groups is 1. The van der Waals surface area contributed by atoms with Gasteiger partial charge in [-0.3, -0.25) is 10.1 Å². The molecule has 1 aliphatic rings. The summed E-state index contributed by atoms with van der Waals surface area (Å²) in [5, 5.41) is 11.1. The normalized spacial score (nSPS) is 25.8. The lowest BCUT2D eigenvalue weighted by atomic mass is 9.83. The number of hydrogen-bond donors (Lipinski definition) is 0. The van der Waals surface area contributed by atoms with Crippen LogP contribution < -0.4 is 0 Å². The standard InChI is InChI=1S/C17H22BrNO4/c1-4-22-17-16(11(2)3)14(10-19(20)21)15(23-17)9-12-5-7-13(18)8-6-12/h5-9,11,14,16-17H,4,10H2,1-3H3/b15-9-/t14-,16-,17-/m1/s1. The highest BCUT2D eigenvalue weighted by atomic mass is 79.9. The average Bonchev–Trinajstić information content (AvgIpc) is 2.79. The van der Waals surface area contributed by atoms with Crippen LogP contribution in [0.4, 0.5) is 0 Å². The summed E-state index contributed by atoms with van der Waals surface area (Å²) >= 11 is 3.40. The maximum atomic E-state index is 11.1. The molecule has 23 heavy (non-hydrogen) atoms. The number of ether oxygens (including phenoxy) is 2. The van der Waals surface area contributed by atoms with Crippen molar-refractivity contribution in [2.75, 3.05) is 13.2 Å². The lowest BCUT2D eigenvalue weighted by Gasteiger charge is -2.23. The van der Waals surface area contributed by atoms with E-state index in [1.54, 1.807) is 0 Å². The molecule has 1 fully saturated rings. The fourth-order valence-electron chi connectivity index (χ4n) is 3.00. The minimum absolute atomic E-state index is 0.0259. The van der Waals surface area contributed by atoms with E-state index in [0.717, 1.165) is 10.0 Å². The van der Waals surface area contributed by atoms with Crippen LogP contribution in [0.15, 0.2) is 34.5 Å². The van der Waals surface area contributed by atoms with Crippen LogP contribution in [-0.4, -0.2) is 24.4 Å². The van der Waals surface area contributed by atoms with Gasteiger partial charge in [-0.1, -0.05) is 41.9 Å². The lowest BCUT2D eigenvalue weighted by Crippen LogP contribution is -2.31. The summed E-state index contributed by atoms with van der Waals surface area (Å²) in [6.07, 6.45) is 1.46. The van der Waals surface area contributed by atoms with Crippen LogP contribution in [0, 0.1) is 27.9 Å². The van der Waals surface area contributed by atoms with Crippen molar-refractivity contribution in [3.05, 3.63) is 50.2 Å². The van der Waals surface area contributed by atoms with Gasteiger partial charge in [0.2, 0.25) is 12.8 Å². The van der Waals surface area contributed by atoms with Crippen molar-refractivity contribution in [2.45, 2.75) is 27.1 Å². The van der Waals surface area contributed by atoms with Gasteiger partial charge in [0, 0.05) is 21.9 Å². The van der Waals surface area contributed by atoms with Crippen molar-refractivity contribution in [3.63, 3.8) is 0 Å². The summed E-state index contributed by atoms with van der Waals surface area (Å²) in [4.78, 5) is 10.8. The summed E-state index contributed by atoms with van der Waals surface area (Å²) in [7, 11) is 0. The van der Waals surface area contributed by atoms with Gasteiger partial charge in [-0.2, -0.15) is 0 Å². The monoisotopic (exact) mass is 383 g/mol. The molecule has 1 heterocycles. The van der Waals surface area contributed by atoms with Gasteiger partial charge in [0.15, 0.2) is 0 Å². The van der Waals surface area contributed by atoms with Gasteiger partial charge in [0.05, 0.1) is 5.92 Å². The molecule has 0 spiro atoms. The Morgan fingerprint density at radius 3 is 2.57 bits per heavy atom. The molecule has 0 aliphatic carbocycles. The first-order valence-corrected chi connectivity index (χ1v) is 8.59. The van der Waals surface area contributed by atoms with E-state index in [-0.39, 0.29) is 29.2 Å². The second-order valence-corrected chi connectivity index (χ2v) is 6.90. The van der Waals surface area contributed by atoms with E-state index in [1.807, 2.05) is 37.3 Å². The Kier molecular flexibility index (Phi) is 6.18. The molecule has 1 aromatic rings. The quantitative estimate of drug-likeness (QED) is 0.541. The van der Waals surface area contributed by atoms with E-state index < -0.39 is 6.29 Å². The highest BCUT2D eigenvalue weighted by molar-refractivity contribution is 9.10. The summed E-state index contributed by atoms with van der Waals surface area (Å²) < 4.78 is 12.6. The van der Waals surface area contributed by atoms with Crippen molar-refractivity contribution in [1.82, 2.24) is 0 Å². The third kappa shape index (κ3) is 4.54. The van der Waals surface area contributed by atoms with Crippen LogP contribution in [0.25, 0.3) is 6.08 Å². The summed E-state index contributed by atoms with van der Waals surface area (Å²) in [6.45, 7) is 6.38. The molecule has 5 nitrogen and oxygen atoms in total. The van der Waals surface area contributed by atoms with Gasteiger partial charge < -0.3 is 9.47 Å². The van der Waals surface area contributed by atoms with Crippen LogP contribution in [0.1, 0.15) is 26.3 Å². The molecule has 0 N–H and O–H groups in total. The predicted molar refractivity (Wildman–Crippen MR) is 92.3 cm³/mol. The number of rotatable bonds is 6. The second kappa shape index (κ2) is 7.93. The third-order valence-corrected chi connectivity index (χ3v) is 4.55. The Morgan fingerprint density at radius 1 is 1.39 bits per heavy atom. The molecule has 0 radical (unpaired) electrons. The number of hydrogen-bond acceptors (Lipinski definition) is 4. The highest BCUT2D eigenvalue weighted by Gasteiger charge is 2.46. The number of nitrogens with zero attached hydrogens (tertiary/aromatic N) is 1. The molecule has 126 valence electrons. The van der Waals surface area contributed by atoms with E-state index in [0.29, 0.717) is 12.4 Å². The molecule has 0 amide bonds. The summed E-state index contributed by atoms with van der Waals surface area (Å²) in [5.74, 6) is 0.570. The zero-order valence-electron chi connectivity index (χ0n) is 13.6. The Labute approximate surface area is 144 Å². The molecule has 0 bridgehead atoms. The van der Waals surface area contributed by atoms with Gasteiger partial charge in [-0.25, -0.2) is 0 Å². The maximum Gasteiger partial charge on any atom is 0.214 e. The van der Waals surface area contributed by atoms with Crippen molar-refractivity contribution >= 4 is 22.0 Å². The third-order valence-electron chi connectivity index (χ3n) is 4.02. The van der Waals surface area contributed by atoms with E-state index in [1.165, 1.54) is 0 Å². The zero-order valence-corrected chi connectivity index (χ0v) is 15.2. The minimum Gasteiger partial charge on any atom is -0.468 e. The van der Waals surface area contributed by atoms with Crippen molar-refractivity contribution in [3.8, 4) is 0 Å². The first-order chi connectivity index (χ1) is 10.9. The molecule has 3 atom stereocenters. The van der Waals surface area contributed by atoms with E-state index in [9.17, 15) is 10.1 Å². The largest absolute Gasteiger partial charge is 0.468 e. The second-order valence-electron chi connectivity index (χ2n) is 5.98. The van der Waals surface area contributed by atoms with E-state index in [2.05, 4.69) is 29.8 Å². The summed E-state index contributed by atoms with van der Waals surface area (Å²) in [6, 6.07) is 7.76. The molecular weight excluding hydrogens is 362 g/mol. The van der Waals surface area contributed by atoms with Crippen LogP contribution in [-0.2, 0) is 9.47 Å². The Morgan fingerprint density at radius 2 is 2.04 bits per heavy atom. The fourth-order valence-corrected chi connectivity index (χ4v) is 3.27. The van der Waals surface area contributed by atoms with Crippen molar-refractivity contribution in [1.29, 1.82) is 0 Å². The van der Waals surface area contributed by atoms with Gasteiger partial charge in [0.25, 0.3) is 0 Å². The van der Waals surface area contributed by atoms with Crippen molar-refractivity contribution < 1.29 is 14.4 Å². The Balaban J connectivity index is 2.34. The minimum atomic E-state index is -0.424. The van der Waals surface area contributed by atoms with Crippen molar-refractivity contribution in [2.24, 2.45) is 17.8 Å². The Hall–Kier alpha value is -1.40. The molecule has 1 saturated heterocycles. The molecule has 6 heteroatoms. The lowest BCUT2D eigenvalue weighted by molar-refractivity contribution is -0.488. The van der Waals surface area contributed by atoms with Gasteiger partial charge in [-0.05, 0) is 36.6 Å². The molecule has 0 unspecified atom stereocenters. The summed E-state index contributed by atoms with van der Waals surface area (Å²) in [5.41, 5.74) is 0.955. The molecule has 0 aromatic heterocycles. The number of halogens is 1. The average molecular weight is 384 g/mol. The molecular formula is C17H22BrNO4. The van der Waals surface area contributed by atoms with Gasteiger partial charge >= 0.3 is 0 Å². The van der Waals surface area contributed by atoms with Crippen LogP contribution in [0.5, 0.6) is 0 Å². The zero-order chi connectivity index (χ0) is 17.0. The van der Waals surface area contributed by atoms with Gasteiger partial charge in [-0.15, -0.1) is 0 Å². The first-order valence-electron chi connectivity index (χ1n) is 7.79. The Bertz CT molecular complexity index is 570. The smallest absolute Gasteiger partial charge is 0.214 e.